The Balaban J connectivity index is 1.69. The lowest BCUT2D eigenvalue weighted by atomic mass is 10.0. The normalized spacial score (nSPS) is 14.0. The van der Waals surface area contributed by atoms with E-state index in [0.29, 0.717) is 30.1 Å². The summed E-state index contributed by atoms with van der Waals surface area (Å²) in [6.07, 6.45) is 5.91. The molecule has 0 unspecified atom stereocenters. The van der Waals surface area contributed by atoms with Gasteiger partial charge in [-0.05, 0) is 18.9 Å². The fraction of sp³-hybridized carbons (Fsp3) is 0.333. The number of carbonyl (C=O) groups excluding carboxylic acids is 1. The van der Waals surface area contributed by atoms with Gasteiger partial charge in [-0.15, -0.1) is 21.5 Å². The number of aromatic nitrogens is 4. The fourth-order valence-corrected chi connectivity index (χ4v) is 4.12. The van der Waals surface area contributed by atoms with Crippen molar-refractivity contribution in [1.82, 2.24) is 19.6 Å². The zero-order valence-corrected chi connectivity index (χ0v) is 13.9. The minimum atomic E-state index is -0.335. The number of hydrogen-bond donors (Lipinski definition) is 1. The van der Waals surface area contributed by atoms with Crippen molar-refractivity contribution in [3.63, 3.8) is 0 Å². The second-order valence-corrected chi connectivity index (χ2v) is 6.58. The molecule has 1 aliphatic rings. The minimum Gasteiger partial charge on any atom is -0.462 e. The standard InChI is InChI=1S/C15H16N6O2S/c1-2-23-15(22)11-9-3-5-20(7-10(9)24-12(11)16)13-14-19-18-8-21(14)6-4-17-13/h4,6,8H,2-3,5,7,16H2,1H3. The first-order chi connectivity index (χ1) is 11.7. The van der Waals surface area contributed by atoms with Gasteiger partial charge in [-0.3, -0.25) is 4.40 Å². The highest BCUT2D eigenvalue weighted by molar-refractivity contribution is 7.16. The van der Waals surface area contributed by atoms with Gasteiger partial charge in [0.05, 0.1) is 18.7 Å². The van der Waals surface area contributed by atoms with E-state index in [9.17, 15) is 4.79 Å². The number of esters is 1. The predicted molar refractivity (Wildman–Crippen MR) is 90.2 cm³/mol. The summed E-state index contributed by atoms with van der Waals surface area (Å²) in [6.45, 7) is 3.51. The molecule has 0 aromatic carbocycles. The molecule has 0 aliphatic carbocycles. The van der Waals surface area contributed by atoms with Gasteiger partial charge in [0, 0.05) is 23.8 Å². The van der Waals surface area contributed by atoms with Crippen molar-refractivity contribution in [1.29, 1.82) is 0 Å². The third kappa shape index (κ3) is 2.28. The third-order valence-electron chi connectivity index (χ3n) is 4.06. The van der Waals surface area contributed by atoms with Gasteiger partial charge in [-0.2, -0.15) is 0 Å². The molecule has 4 heterocycles. The number of nitrogens with zero attached hydrogens (tertiary/aromatic N) is 5. The molecule has 0 saturated heterocycles. The van der Waals surface area contributed by atoms with Crippen LogP contribution in [0.2, 0.25) is 0 Å². The summed E-state index contributed by atoms with van der Waals surface area (Å²) in [6, 6.07) is 0. The number of thiophene rings is 1. The molecule has 0 saturated carbocycles. The van der Waals surface area contributed by atoms with Gasteiger partial charge in [0.25, 0.3) is 0 Å². The van der Waals surface area contributed by atoms with Crippen LogP contribution in [0.4, 0.5) is 10.8 Å². The number of rotatable bonds is 3. The van der Waals surface area contributed by atoms with Gasteiger partial charge < -0.3 is 15.4 Å². The number of carbonyl (C=O) groups is 1. The summed E-state index contributed by atoms with van der Waals surface area (Å²) in [5.41, 5.74) is 8.32. The molecule has 0 amide bonds. The molecule has 1 aliphatic heterocycles. The molecule has 4 rings (SSSR count). The average molecular weight is 344 g/mol. The van der Waals surface area contributed by atoms with Crippen molar-refractivity contribution in [3.8, 4) is 0 Å². The van der Waals surface area contributed by atoms with E-state index < -0.39 is 0 Å². The van der Waals surface area contributed by atoms with E-state index in [1.807, 2.05) is 10.6 Å². The van der Waals surface area contributed by atoms with E-state index in [2.05, 4.69) is 20.1 Å². The SMILES string of the molecule is CCOC(=O)c1c(N)sc2c1CCN(c1nccn3cnnc13)C2. The van der Waals surface area contributed by atoms with Crippen LogP contribution in [0.25, 0.3) is 5.65 Å². The Morgan fingerprint density at radius 1 is 1.50 bits per heavy atom. The fourth-order valence-electron chi connectivity index (χ4n) is 3.00. The number of anilines is 2. The number of fused-ring (bicyclic) bond motifs is 2. The monoisotopic (exact) mass is 344 g/mol. The van der Waals surface area contributed by atoms with Crippen LogP contribution in [-0.2, 0) is 17.7 Å². The molecule has 8 nitrogen and oxygen atoms in total. The lowest BCUT2D eigenvalue weighted by molar-refractivity contribution is 0.0526. The molecule has 0 bridgehead atoms. The van der Waals surface area contributed by atoms with Crippen LogP contribution in [0.15, 0.2) is 18.7 Å². The summed E-state index contributed by atoms with van der Waals surface area (Å²) in [4.78, 5) is 19.8. The Hall–Kier alpha value is -2.68. The largest absolute Gasteiger partial charge is 0.462 e. The quantitative estimate of drug-likeness (QED) is 0.719. The van der Waals surface area contributed by atoms with Crippen LogP contribution in [-0.4, -0.2) is 38.7 Å². The van der Waals surface area contributed by atoms with E-state index in [4.69, 9.17) is 10.5 Å². The molecule has 9 heteroatoms. The first-order valence-corrected chi connectivity index (χ1v) is 8.47. The lowest BCUT2D eigenvalue weighted by Gasteiger charge is -2.28. The summed E-state index contributed by atoms with van der Waals surface area (Å²) < 4.78 is 6.97. The zero-order chi connectivity index (χ0) is 16.7. The second-order valence-electron chi connectivity index (χ2n) is 5.45. The van der Waals surface area contributed by atoms with E-state index >= 15 is 0 Å². The van der Waals surface area contributed by atoms with Gasteiger partial charge in [0.15, 0.2) is 5.82 Å². The van der Waals surface area contributed by atoms with Crippen LogP contribution in [0.5, 0.6) is 0 Å². The van der Waals surface area contributed by atoms with Gasteiger partial charge in [0.1, 0.15) is 11.3 Å². The van der Waals surface area contributed by atoms with Crippen molar-refractivity contribution in [2.24, 2.45) is 0 Å². The molecule has 2 N–H and O–H groups in total. The second kappa shape index (κ2) is 5.75. The third-order valence-corrected chi connectivity index (χ3v) is 5.11. The van der Waals surface area contributed by atoms with Crippen molar-refractivity contribution in [2.75, 3.05) is 23.8 Å². The molecule has 3 aromatic rings. The number of nitrogen functional groups attached to an aromatic ring is 1. The van der Waals surface area contributed by atoms with Gasteiger partial charge in [-0.25, -0.2) is 9.78 Å². The molecule has 0 fully saturated rings. The molecule has 24 heavy (non-hydrogen) atoms. The Kier molecular flexibility index (Phi) is 3.57. The van der Waals surface area contributed by atoms with Crippen LogP contribution >= 0.6 is 11.3 Å². The Morgan fingerprint density at radius 3 is 3.21 bits per heavy atom. The van der Waals surface area contributed by atoms with Crippen LogP contribution in [0.3, 0.4) is 0 Å². The molecule has 0 spiro atoms. The van der Waals surface area contributed by atoms with E-state index in [1.165, 1.54) is 11.3 Å². The average Bonchev–Trinajstić information content (AvgIpc) is 3.17. The van der Waals surface area contributed by atoms with E-state index in [0.717, 1.165) is 28.5 Å². The van der Waals surface area contributed by atoms with Crippen molar-refractivity contribution >= 4 is 33.8 Å². The first kappa shape index (κ1) is 14.9. The highest BCUT2D eigenvalue weighted by Crippen LogP contribution is 2.37. The lowest BCUT2D eigenvalue weighted by Crippen LogP contribution is -2.31. The highest BCUT2D eigenvalue weighted by atomic mass is 32.1. The summed E-state index contributed by atoms with van der Waals surface area (Å²) >= 11 is 1.44. The van der Waals surface area contributed by atoms with Crippen LogP contribution < -0.4 is 10.6 Å². The van der Waals surface area contributed by atoms with Crippen LogP contribution in [0, 0.1) is 0 Å². The van der Waals surface area contributed by atoms with Crippen molar-refractivity contribution < 1.29 is 9.53 Å². The first-order valence-electron chi connectivity index (χ1n) is 7.65. The molecular formula is C15H16N6O2S. The molecular weight excluding hydrogens is 328 g/mol. The number of nitrogens with two attached hydrogens (primary N) is 1. The van der Waals surface area contributed by atoms with Gasteiger partial charge >= 0.3 is 5.97 Å². The van der Waals surface area contributed by atoms with E-state index in [-0.39, 0.29) is 5.97 Å². The minimum absolute atomic E-state index is 0.335. The molecule has 0 atom stereocenters. The Morgan fingerprint density at radius 2 is 2.38 bits per heavy atom. The topological polar surface area (TPSA) is 98.6 Å². The summed E-state index contributed by atoms with van der Waals surface area (Å²) in [5.74, 6) is 0.448. The van der Waals surface area contributed by atoms with E-state index in [1.54, 1.807) is 19.4 Å². The maximum Gasteiger partial charge on any atom is 0.341 e. The maximum absolute atomic E-state index is 12.1. The Labute approximate surface area is 141 Å². The molecule has 3 aromatic heterocycles. The predicted octanol–water partition coefficient (Wildman–Crippen LogP) is 1.51. The molecule has 124 valence electrons. The maximum atomic E-state index is 12.1. The van der Waals surface area contributed by atoms with Gasteiger partial charge in [-0.1, -0.05) is 0 Å². The highest BCUT2D eigenvalue weighted by Gasteiger charge is 2.29. The number of hydrogen-bond acceptors (Lipinski definition) is 8. The smallest absolute Gasteiger partial charge is 0.341 e. The van der Waals surface area contributed by atoms with Crippen LogP contribution in [0.1, 0.15) is 27.7 Å². The van der Waals surface area contributed by atoms with Crippen molar-refractivity contribution in [2.45, 2.75) is 19.9 Å². The summed E-state index contributed by atoms with van der Waals surface area (Å²) in [7, 11) is 0. The van der Waals surface area contributed by atoms with Crippen molar-refractivity contribution in [3.05, 3.63) is 34.7 Å². The zero-order valence-electron chi connectivity index (χ0n) is 13.1. The van der Waals surface area contributed by atoms with Gasteiger partial charge in [0.2, 0.25) is 5.65 Å². The number of ether oxygens (including phenoxy) is 1. The summed E-state index contributed by atoms with van der Waals surface area (Å²) in [5, 5.41) is 8.59. The Bertz CT molecular complexity index is 918. The molecule has 0 radical (unpaired) electrons.